The van der Waals surface area contributed by atoms with Crippen molar-refractivity contribution in [3.8, 4) is 0 Å². The predicted molar refractivity (Wildman–Crippen MR) is 85.8 cm³/mol. The monoisotopic (exact) mass is 318 g/mol. The number of amides is 1. The van der Waals surface area contributed by atoms with Gasteiger partial charge in [-0.05, 0) is 37.5 Å². The lowest BCUT2D eigenvalue weighted by Gasteiger charge is -2.30. The van der Waals surface area contributed by atoms with Gasteiger partial charge >= 0.3 is 0 Å². The summed E-state index contributed by atoms with van der Waals surface area (Å²) in [6.45, 7) is 1.33. The van der Waals surface area contributed by atoms with Gasteiger partial charge in [-0.2, -0.15) is 0 Å². The zero-order chi connectivity index (χ0) is 15.3. The number of aliphatic hydroxyl groups is 1. The van der Waals surface area contributed by atoms with Gasteiger partial charge in [0.1, 0.15) is 0 Å². The first-order valence-electron chi connectivity index (χ1n) is 7.89. The van der Waals surface area contributed by atoms with E-state index < -0.39 is 6.10 Å². The summed E-state index contributed by atoms with van der Waals surface area (Å²) in [5.41, 5.74) is 3.45. The van der Waals surface area contributed by atoms with Crippen LogP contribution in [0.4, 0.5) is 0 Å². The van der Waals surface area contributed by atoms with Gasteiger partial charge in [0.2, 0.25) is 5.91 Å². The fourth-order valence-corrected chi connectivity index (χ4v) is 4.01. The van der Waals surface area contributed by atoms with Crippen LogP contribution in [0.1, 0.15) is 30.5 Å². The Bertz CT molecular complexity index is 740. The molecule has 1 aliphatic carbocycles. The number of hydrogen-bond donors (Lipinski definition) is 2. The molecule has 2 aliphatic rings. The minimum atomic E-state index is -0.466. The maximum absolute atomic E-state index is 12.7. The molecule has 2 unspecified atom stereocenters. The van der Waals surface area contributed by atoms with Crippen LogP contribution in [0.3, 0.4) is 0 Å². The van der Waals surface area contributed by atoms with E-state index in [9.17, 15) is 9.90 Å². The summed E-state index contributed by atoms with van der Waals surface area (Å²) in [7, 11) is 0. The summed E-state index contributed by atoms with van der Waals surface area (Å²) in [5.74, 6) is -0.109. The minimum absolute atomic E-state index is 0.104. The second-order valence-corrected chi connectivity index (χ2v) is 6.82. The number of carbonyl (C=O) groups excluding carboxylic acids is 1. The van der Waals surface area contributed by atoms with E-state index in [1.807, 2.05) is 23.1 Å². The van der Waals surface area contributed by atoms with Crippen LogP contribution < -0.4 is 0 Å². The molecule has 0 radical (unpaired) electrons. The molecular formula is C17H19ClN2O2. The first-order valence-corrected chi connectivity index (χ1v) is 8.27. The Morgan fingerprint density at radius 1 is 1.36 bits per heavy atom. The first kappa shape index (κ1) is 14.1. The molecule has 4 rings (SSSR count). The predicted octanol–water partition coefficient (Wildman–Crippen LogP) is 2.87. The molecule has 22 heavy (non-hydrogen) atoms. The number of rotatable bonds is 1. The van der Waals surface area contributed by atoms with Gasteiger partial charge in [-0.1, -0.05) is 11.6 Å². The van der Waals surface area contributed by atoms with E-state index in [1.54, 1.807) is 0 Å². The highest BCUT2D eigenvalue weighted by Gasteiger charge is 2.35. The molecule has 1 aromatic heterocycles. The van der Waals surface area contributed by atoms with Gasteiger partial charge in [-0.15, -0.1) is 0 Å². The molecule has 1 aromatic carbocycles. The van der Waals surface area contributed by atoms with Crippen molar-refractivity contribution in [3.05, 3.63) is 34.5 Å². The van der Waals surface area contributed by atoms with E-state index in [-0.39, 0.29) is 11.8 Å². The van der Waals surface area contributed by atoms with Crippen LogP contribution >= 0.6 is 11.6 Å². The van der Waals surface area contributed by atoms with Gasteiger partial charge in [0.15, 0.2) is 0 Å². The van der Waals surface area contributed by atoms with E-state index in [1.165, 1.54) is 11.3 Å². The molecule has 5 heteroatoms. The molecule has 2 aromatic rings. The number of aliphatic hydroxyl groups excluding tert-OH is 1. The lowest BCUT2D eigenvalue weighted by atomic mass is 10.00. The third-order valence-electron chi connectivity index (χ3n) is 5.05. The van der Waals surface area contributed by atoms with Gasteiger partial charge in [-0.3, -0.25) is 4.79 Å². The van der Waals surface area contributed by atoms with Crippen LogP contribution in [0.15, 0.2) is 18.2 Å². The summed E-state index contributed by atoms with van der Waals surface area (Å²) < 4.78 is 0. The Labute approximate surface area is 134 Å². The van der Waals surface area contributed by atoms with Crippen molar-refractivity contribution in [1.29, 1.82) is 0 Å². The highest BCUT2D eigenvalue weighted by molar-refractivity contribution is 6.31. The maximum atomic E-state index is 12.7. The Morgan fingerprint density at radius 3 is 3.00 bits per heavy atom. The topological polar surface area (TPSA) is 56.3 Å². The molecule has 1 aliphatic heterocycles. The number of benzene rings is 1. The molecule has 1 saturated carbocycles. The second kappa shape index (κ2) is 5.28. The molecule has 0 saturated heterocycles. The van der Waals surface area contributed by atoms with Gasteiger partial charge in [0.05, 0.1) is 12.0 Å². The number of carbonyl (C=O) groups is 1. The van der Waals surface area contributed by atoms with Crippen LogP contribution in [0.2, 0.25) is 5.02 Å². The van der Waals surface area contributed by atoms with Crippen LogP contribution in [0.5, 0.6) is 0 Å². The number of aromatic amines is 1. The SMILES string of the molecule is O=C(C1CCCC1O)N1CCc2[nH]c3ccc(Cl)cc3c2C1. The smallest absolute Gasteiger partial charge is 0.228 e. The van der Waals surface area contributed by atoms with Gasteiger partial charge < -0.3 is 15.0 Å². The average molecular weight is 319 g/mol. The van der Waals surface area contributed by atoms with E-state index >= 15 is 0 Å². The zero-order valence-electron chi connectivity index (χ0n) is 12.3. The molecule has 4 nitrogen and oxygen atoms in total. The summed E-state index contributed by atoms with van der Waals surface area (Å²) in [6, 6.07) is 5.83. The van der Waals surface area contributed by atoms with Crippen molar-refractivity contribution in [2.45, 2.75) is 38.3 Å². The number of fused-ring (bicyclic) bond motifs is 3. The summed E-state index contributed by atoms with van der Waals surface area (Å²) >= 11 is 6.11. The molecule has 2 heterocycles. The summed E-state index contributed by atoms with van der Waals surface area (Å²) in [4.78, 5) is 18.0. The van der Waals surface area contributed by atoms with Crippen molar-refractivity contribution < 1.29 is 9.90 Å². The molecule has 1 fully saturated rings. The van der Waals surface area contributed by atoms with Crippen molar-refractivity contribution in [1.82, 2.24) is 9.88 Å². The quantitative estimate of drug-likeness (QED) is 0.849. The average Bonchev–Trinajstić information content (AvgIpc) is 3.09. The zero-order valence-corrected chi connectivity index (χ0v) is 13.1. The molecule has 0 spiro atoms. The summed E-state index contributed by atoms with van der Waals surface area (Å²) in [5, 5.41) is 11.8. The highest BCUT2D eigenvalue weighted by Crippen LogP contribution is 2.32. The van der Waals surface area contributed by atoms with Crippen molar-refractivity contribution in [2.75, 3.05) is 6.54 Å². The van der Waals surface area contributed by atoms with Crippen LogP contribution in [0.25, 0.3) is 10.9 Å². The van der Waals surface area contributed by atoms with Crippen molar-refractivity contribution in [3.63, 3.8) is 0 Å². The number of aromatic nitrogens is 1. The fourth-order valence-electron chi connectivity index (χ4n) is 3.84. The Balaban J connectivity index is 1.64. The molecule has 116 valence electrons. The van der Waals surface area contributed by atoms with Crippen molar-refractivity contribution in [2.24, 2.45) is 5.92 Å². The number of nitrogens with zero attached hydrogens (tertiary/aromatic N) is 1. The molecule has 1 amide bonds. The highest BCUT2D eigenvalue weighted by atomic mass is 35.5. The second-order valence-electron chi connectivity index (χ2n) is 6.39. The molecule has 0 bridgehead atoms. The third-order valence-corrected chi connectivity index (χ3v) is 5.28. The normalized spacial score (nSPS) is 24.7. The largest absolute Gasteiger partial charge is 0.392 e. The third kappa shape index (κ3) is 2.22. The van der Waals surface area contributed by atoms with E-state index in [2.05, 4.69) is 4.98 Å². The van der Waals surface area contributed by atoms with Gasteiger partial charge in [-0.25, -0.2) is 0 Å². The van der Waals surface area contributed by atoms with Gasteiger partial charge in [0, 0.05) is 46.7 Å². The Morgan fingerprint density at radius 2 is 2.23 bits per heavy atom. The Hall–Kier alpha value is -1.52. The molecular weight excluding hydrogens is 300 g/mol. The molecule has 2 N–H and O–H groups in total. The Kier molecular flexibility index (Phi) is 3.39. The van der Waals surface area contributed by atoms with E-state index in [0.29, 0.717) is 11.6 Å². The minimum Gasteiger partial charge on any atom is -0.392 e. The van der Waals surface area contributed by atoms with E-state index in [4.69, 9.17) is 11.6 Å². The van der Waals surface area contributed by atoms with Crippen LogP contribution in [-0.4, -0.2) is 33.5 Å². The summed E-state index contributed by atoms with van der Waals surface area (Å²) in [6.07, 6.45) is 2.86. The van der Waals surface area contributed by atoms with E-state index in [0.717, 1.165) is 43.1 Å². The fraction of sp³-hybridized carbons (Fsp3) is 0.471. The lowest BCUT2D eigenvalue weighted by Crippen LogP contribution is -2.41. The number of halogens is 1. The number of nitrogens with one attached hydrogen (secondary N) is 1. The van der Waals surface area contributed by atoms with Crippen LogP contribution in [-0.2, 0) is 17.8 Å². The lowest BCUT2D eigenvalue weighted by molar-refractivity contribution is -0.139. The number of H-pyrrole nitrogens is 1. The van der Waals surface area contributed by atoms with Crippen molar-refractivity contribution >= 4 is 28.4 Å². The first-order chi connectivity index (χ1) is 10.6. The number of hydrogen-bond acceptors (Lipinski definition) is 2. The maximum Gasteiger partial charge on any atom is 0.228 e. The van der Waals surface area contributed by atoms with Crippen LogP contribution in [0, 0.1) is 5.92 Å². The molecule has 2 atom stereocenters. The standard InChI is InChI=1S/C17H19ClN2O2/c18-10-4-5-14-12(8-10)13-9-20(7-6-15(13)19-14)17(22)11-2-1-3-16(11)21/h4-5,8,11,16,19,21H,1-3,6-7,9H2. The van der Waals surface area contributed by atoms with Gasteiger partial charge in [0.25, 0.3) is 0 Å².